The van der Waals surface area contributed by atoms with E-state index < -0.39 is 52.1 Å². The van der Waals surface area contributed by atoms with Crippen LogP contribution in [-0.4, -0.2) is 78.5 Å². The van der Waals surface area contributed by atoms with Crippen LogP contribution in [0, 0.1) is 28.6 Å². The summed E-state index contributed by atoms with van der Waals surface area (Å²) in [5.74, 6) is -1.43. The lowest BCUT2D eigenvalue weighted by atomic mass is 9.86. The summed E-state index contributed by atoms with van der Waals surface area (Å²) in [6.07, 6.45) is 7.84. The Morgan fingerprint density at radius 3 is 1.15 bits per heavy atom. The molecule has 0 radical (unpaired) electrons. The standard InChI is InChI=1S/C9H16O4.C9H14O4.C9H12O4/c3*1-5-6-9(2,7(10)12-3)8(11)13-4/h5-6H2,1-4H3;5H,1,6H2,2-4H3;1H,6H2,2-4H3. The first-order chi connectivity index (χ1) is 18.1. The van der Waals surface area contributed by atoms with E-state index >= 15 is 0 Å². The van der Waals surface area contributed by atoms with Crippen molar-refractivity contribution in [2.45, 2.75) is 53.4 Å². The lowest BCUT2D eigenvalue weighted by molar-refractivity contribution is -0.169. The van der Waals surface area contributed by atoms with Crippen LogP contribution in [0.4, 0.5) is 0 Å². The van der Waals surface area contributed by atoms with E-state index in [0.29, 0.717) is 6.42 Å². The van der Waals surface area contributed by atoms with Gasteiger partial charge in [0.15, 0.2) is 16.2 Å². The normalized spacial score (nSPS) is 10.4. The van der Waals surface area contributed by atoms with E-state index in [0.717, 1.165) is 6.42 Å². The molecule has 0 aromatic heterocycles. The number of carbonyl (C=O) groups excluding carboxylic acids is 6. The molecule has 0 aromatic rings. The molecule has 0 aliphatic rings. The average Bonchev–Trinajstić information content (AvgIpc) is 2.94. The molecule has 0 amide bonds. The van der Waals surface area contributed by atoms with Crippen LogP contribution >= 0.6 is 0 Å². The van der Waals surface area contributed by atoms with Gasteiger partial charge in [0.25, 0.3) is 0 Å². The molecule has 0 atom stereocenters. The van der Waals surface area contributed by atoms with Gasteiger partial charge in [0, 0.05) is 6.42 Å². The van der Waals surface area contributed by atoms with Crippen molar-refractivity contribution in [1.82, 2.24) is 0 Å². The molecular weight excluding hydrogens is 516 g/mol. The van der Waals surface area contributed by atoms with Crippen LogP contribution in [-0.2, 0) is 57.2 Å². The molecule has 0 fully saturated rings. The maximum absolute atomic E-state index is 11.3. The van der Waals surface area contributed by atoms with Crippen molar-refractivity contribution in [3.8, 4) is 12.3 Å². The molecule has 12 heteroatoms. The van der Waals surface area contributed by atoms with Gasteiger partial charge < -0.3 is 28.4 Å². The molecule has 0 aromatic carbocycles. The molecule has 12 nitrogen and oxygen atoms in total. The minimum absolute atomic E-state index is 0.0354. The molecule has 0 saturated carbocycles. The van der Waals surface area contributed by atoms with E-state index in [-0.39, 0.29) is 12.8 Å². The van der Waals surface area contributed by atoms with E-state index in [1.165, 1.54) is 69.5 Å². The number of ether oxygens (including phenoxy) is 6. The summed E-state index contributed by atoms with van der Waals surface area (Å²) in [5.41, 5.74) is -3.82. The SMILES string of the molecule is C#CCC(C)(C(=O)OC)C(=O)OC.C=CCC(C)(C(=O)OC)C(=O)OC.CCCC(C)(C(=O)OC)C(=O)OC. The maximum Gasteiger partial charge on any atom is 0.323 e. The van der Waals surface area contributed by atoms with Gasteiger partial charge in [-0.15, -0.1) is 18.9 Å². The minimum Gasteiger partial charge on any atom is -0.468 e. The highest BCUT2D eigenvalue weighted by Crippen LogP contribution is 2.27. The Balaban J connectivity index is -0.000000498. The molecule has 0 N–H and O–H groups in total. The minimum atomic E-state index is -1.39. The summed E-state index contributed by atoms with van der Waals surface area (Å²) >= 11 is 0. The third-order valence-corrected chi connectivity index (χ3v) is 5.57. The Labute approximate surface area is 230 Å². The van der Waals surface area contributed by atoms with E-state index in [1.54, 1.807) is 0 Å². The highest BCUT2D eigenvalue weighted by Gasteiger charge is 2.44. The molecule has 0 rings (SSSR count). The molecule has 0 aliphatic carbocycles. The van der Waals surface area contributed by atoms with Crippen LogP contribution in [0.3, 0.4) is 0 Å². The van der Waals surface area contributed by atoms with E-state index in [9.17, 15) is 28.8 Å². The smallest absolute Gasteiger partial charge is 0.323 e. The summed E-state index contributed by atoms with van der Waals surface area (Å²) in [5, 5.41) is 0. The highest BCUT2D eigenvalue weighted by atomic mass is 16.6. The maximum atomic E-state index is 11.3. The van der Waals surface area contributed by atoms with Crippen LogP contribution < -0.4 is 0 Å². The topological polar surface area (TPSA) is 158 Å². The van der Waals surface area contributed by atoms with E-state index in [2.05, 4.69) is 40.9 Å². The number of esters is 6. The Bertz CT molecular complexity index is 849. The van der Waals surface area contributed by atoms with Crippen molar-refractivity contribution in [3.63, 3.8) is 0 Å². The molecule has 0 spiro atoms. The average molecular weight is 559 g/mol. The third-order valence-electron chi connectivity index (χ3n) is 5.57. The summed E-state index contributed by atoms with van der Waals surface area (Å²) in [4.78, 5) is 67.5. The van der Waals surface area contributed by atoms with Crippen LogP contribution in [0.25, 0.3) is 0 Å². The zero-order valence-corrected chi connectivity index (χ0v) is 24.6. The lowest BCUT2D eigenvalue weighted by Crippen LogP contribution is -2.38. The van der Waals surface area contributed by atoms with Gasteiger partial charge in [0.1, 0.15) is 0 Å². The van der Waals surface area contributed by atoms with Gasteiger partial charge in [-0.3, -0.25) is 28.8 Å². The van der Waals surface area contributed by atoms with Gasteiger partial charge in [-0.05, 0) is 33.6 Å². The Hall–Kier alpha value is -3.88. The van der Waals surface area contributed by atoms with E-state index in [4.69, 9.17) is 6.42 Å². The summed E-state index contributed by atoms with van der Waals surface area (Å²) in [6.45, 7) is 9.75. The number of rotatable bonds is 11. The van der Waals surface area contributed by atoms with Crippen molar-refractivity contribution < 1.29 is 57.2 Å². The summed E-state index contributed by atoms with van der Waals surface area (Å²) < 4.78 is 27.0. The zero-order chi connectivity index (χ0) is 31.4. The van der Waals surface area contributed by atoms with Crippen LogP contribution in [0.5, 0.6) is 0 Å². The molecule has 0 heterocycles. The third kappa shape index (κ3) is 11.2. The molecule has 0 aliphatic heterocycles. The van der Waals surface area contributed by atoms with Gasteiger partial charge in [-0.1, -0.05) is 19.4 Å². The molecule has 222 valence electrons. The summed E-state index contributed by atoms with van der Waals surface area (Å²) in [6, 6.07) is 0. The molecule has 0 bridgehead atoms. The first kappa shape index (κ1) is 39.6. The second kappa shape index (κ2) is 19.2. The predicted molar refractivity (Wildman–Crippen MR) is 140 cm³/mol. The number of hydrogen-bond acceptors (Lipinski definition) is 12. The van der Waals surface area contributed by atoms with Crippen LogP contribution in [0.1, 0.15) is 53.4 Å². The lowest BCUT2D eigenvalue weighted by Gasteiger charge is -2.22. The number of allylic oxidation sites excluding steroid dienone is 1. The Morgan fingerprint density at radius 2 is 0.923 bits per heavy atom. The number of carbonyl (C=O) groups is 6. The quantitative estimate of drug-likeness (QED) is 0.120. The van der Waals surface area contributed by atoms with Crippen LogP contribution in [0.15, 0.2) is 12.7 Å². The fraction of sp³-hybridized carbons (Fsp3) is 0.630. The van der Waals surface area contributed by atoms with E-state index in [1.807, 2.05) is 6.92 Å². The predicted octanol–water partition coefficient (Wildman–Crippen LogP) is 2.42. The number of methoxy groups -OCH3 is 6. The van der Waals surface area contributed by atoms with Crippen molar-refractivity contribution in [2.24, 2.45) is 16.2 Å². The summed E-state index contributed by atoms with van der Waals surface area (Å²) in [7, 11) is 7.37. The second-order valence-electron chi connectivity index (χ2n) is 8.57. The van der Waals surface area contributed by atoms with Gasteiger partial charge >= 0.3 is 35.8 Å². The first-order valence-corrected chi connectivity index (χ1v) is 11.6. The molecule has 0 unspecified atom stereocenters. The Morgan fingerprint density at radius 1 is 0.641 bits per heavy atom. The van der Waals surface area contributed by atoms with Crippen molar-refractivity contribution in [2.75, 3.05) is 42.7 Å². The van der Waals surface area contributed by atoms with Crippen molar-refractivity contribution in [3.05, 3.63) is 12.7 Å². The van der Waals surface area contributed by atoms with Gasteiger partial charge in [0.2, 0.25) is 0 Å². The van der Waals surface area contributed by atoms with Crippen LogP contribution in [0.2, 0.25) is 0 Å². The first-order valence-electron chi connectivity index (χ1n) is 11.6. The number of terminal acetylenes is 1. The van der Waals surface area contributed by atoms with Crippen molar-refractivity contribution in [1.29, 1.82) is 0 Å². The fourth-order valence-corrected chi connectivity index (χ4v) is 3.11. The molecule has 0 saturated heterocycles. The van der Waals surface area contributed by atoms with Gasteiger partial charge in [-0.25, -0.2) is 0 Å². The second-order valence-corrected chi connectivity index (χ2v) is 8.57. The number of hydrogen-bond donors (Lipinski definition) is 0. The monoisotopic (exact) mass is 558 g/mol. The van der Waals surface area contributed by atoms with Gasteiger partial charge in [-0.2, -0.15) is 0 Å². The zero-order valence-electron chi connectivity index (χ0n) is 24.6. The van der Waals surface area contributed by atoms with Gasteiger partial charge in [0.05, 0.1) is 42.7 Å². The molecule has 39 heavy (non-hydrogen) atoms. The van der Waals surface area contributed by atoms with Crippen molar-refractivity contribution >= 4 is 35.8 Å². The Kier molecular flexibility index (Phi) is 19.5. The highest BCUT2D eigenvalue weighted by molar-refractivity contribution is 6.00. The largest absolute Gasteiger partial charge is 0.468 e. The molecular formula is C27H42O12. The fourth-order valence-electron chi connectivity index (χ4n) is 3.11.